The molecule has 3 heteroatoms. The van der Waals surface area contributed by atoms with Crippen molar-refractivity contribution in [2.45, 2.75) is 66.2 Å². The van der Waals surface area contributed by atoms with Crippen LogP contribution >= 0.6 is 0 Å². The van der Waals surface area contributed by atoms with Gasteiger partial charge in [0.25, 0.3) is 5.91 Å². The molecular formula is C20H33NO2. The van der Waals surface area contributed by atoms with E-state index in [1.807, 2.05) is 19.9 Å². The van der Waals surface area contributed by atoms with E-state index < -0.39 is 0 Å². The van der Waals surface area contributed by atoms with Crippen molar-refractivity contribution in [1.29, 1.82) is 0 Å². The molecule has 3 nitrogen and oxygen atoms in total. The normalized spacial score (nSPS) is 12.2. The second-order valence-corrected chi connectivity index (χ2v) is 8.07. The summed E-state index contributed by atoms with van der Waals surface area (Å²) in [4.78, 5) is 14.0. The minimum absolute atomic E-state index is 0.0329. The Balaban J connectivity index is 3.05. The van der Waals surface area contributed by atoms with E-state index in [1.54, 1.807) is 4.90 Å². The first kappa shape index (κ1) is 19.5. The molecule has 0 aliphatic rings. The second kappa shape index (κ2) is 7.37. The first-order chi connectivity index (χ1) is 10.5. The highest BCUT2D eigenvalue weighted by Gasteiger charge is 2.23. The fourth-order valence-corrected chi connectivity index (χ4v) is 2.52. The smallest absolute Gasteiger partial charge is 0.260 e. The topological polar surface area (TPSA) is 29.5 Å². The predicted molar refractivity (Wildman–Crippen MR) is 97.3 cm³/mol. The molecule has 130 valence electrons. The lowest BCUT2D eigenvalue weighted by Gasteiger charge is -2.27. The Bertz CT molecular complexity index is 532. The number of carbonyl (C=O) groups excluding carboxylic acids is 1. The average molecular weight is 319 g/mol. The highest BCUT2D eigenvalue weighted by atomic mass is 16.5. The van der Waals surface area contributed by atoms with Crippen LogP contribution in [0, 0.1) is 0 Å². The van der Waals surface area contributed by atoms with E-state index in [1.165, 1.54) is 5.56 Å². The van der Waals surface area contributed by atoms with Gasteiger partial charge in [-0.05, 0) is 41.9 Å². The standard InChI is InChI=1S/C20H33NO2/c1-9-21(10-2)18(22)14-23-17-12-11-15(19(3,4)5)13-16(17)20(6,7)8/h11-13H,9-10,14H2,1-8H3. The number of hydrogen-bond donors (Lipinski definition) is 0. The van der Waals surface area contributed by atoms with E-state index in [2.05, 4.69) is 53.7 Å². The molecule has 1 amide bonds. The number of nitrogens with zero attached hydrogens (tertiary/aromatic N) is 1. The molecular weight excluding hydrogens is 286 g/mol. The molecule has 0 aliphatic heterocycles. The van der Waals surface area contributed by atoms with E-state index in [4.69, 9.17) is 4.74 Å². The van der Waals surface area contributed by atoms with Crippen LogP contribution in [0.5, 0.6) is 5.75 Å². The van der Waals surface area contributed by atoms with Crippen LogP contribution in [-0.2, 0) is 15.6 Å². The average Bonchev–Trinajstić information content (AvgIpc) is 2.44. The Morgan fingerprint density at radius 2 is 1.57 bits per heavy atom. The maximum atomic E-state index is 12.2. The van der Waals surface area contributed by atoms with Crippen molar-refractivity contribution >= 4 is 5.91 Å². The minimum Gasteiger partial charge on any atom is -0.483 e. The van der Waals surface area contributed by atoms with Crippen LogP contribution in [0.25, 0.3) is 0 Å². The fraction of sp³-hybridized carbons (Fsp3) is 0.650. The molecule has 0 unspecified atom stereocenters. The highest BCUT2D eigenvalue weighted by Crippen LogP contribution is 2.35. The van der Waals surface area contributed by atoms with Gasteiger partial charge < -0.3 is 9.64 Å². The zero-order valence-electron chi connectivity index (χ0n) is 16.1. The van der Waals surface area contributed by atoms with Crippen LogP contribution in [0.1, 0.15) is 66.5 Å². The van der Waals surface area contributed by atoms with Crippen molar-refractivity contribution in [3.05, 3.63) is 29.3 Å². The zero-order valence-corrected chi connectivity index (χ0v) is 16.1. The fourth-order valence-electron chi connectivity index (χ4n) is 2.52. The first-order valence-electron chi connectivity index (χ1n) is 8.56. The summed E-state index contributed by atoms with van der Waals surface area (Å²) in [6, 6.07) is 6.33. The third-order valence-corrected chi connectivity index (χ3v) is 4.12. The Morgan fingerprint density at radius 3 is 2.00 bits per heavy atom. The molecule has 1 aromatic carbocycles. The Labute approximate surface area is 142 Å². The minimum atomic E-state index is -0.0329. The molecule has 0 atom stereocenters. The molecule has 0 saturated heterocycles. The molecule has 1 rings (SSSR count). The van der Waals surface area contributed by atoms with Crippen LogP contribution in [0.4, 0.5) is 0 Å². The summed E-state index contributed by atoms with van der Waals surface area (Å²) in [6.45, 7) is 18.6. The van der Waals surface area contributed by atoms with Crippen molar-refractivity contribution < 1.29 is 9.53 Å². The Morgan fingerprint density at radius 1 is 1.00 bits per heavy atom. The number of rotatable bonds is 5. The van der Waals surface area contributed by atoms with E-state index in [0.717, 1.165) is 11.3 Å². The van der Waals surface area contributed by atoms with Gasteiger partial charge in [-0.25, -0.2) is 0 Å². The van der Waals surface area contributed by atoms with Gasteiger partial charge in [0, 0.05) is 13.1 Å². The summed E-state index contributed by atoms with van der Waals surface area (Å²) in [5.41, 5.74) is 2.49. The number of benzene rings is 1. The van der Waals surface area contributed by atoms with Gasteiger partial charge in [-0.2, -0.15) is 0 Å². The van der Waals surface area contributed by atoms with Crippen molar-refractivity contribution in [1.82, 2.24) is 4.90 Å². The van der Waals surface area contributed by atoms with Gasteiger partial charge in [-0.3, -0.25) is 4.79 Å². The van der Waals surface area contributed by atoms with Gasteiger partial charge >= 0.3 is 0 Å². The number of likely N-dealkylation sites (N-methyl/N-ethyl adjacent to an activating group) is 1. The van der Waals surface area contributed by atoms with E-state index in [0.29, 0.717) is 13.1 Å². The molecule has 0 N–H and O–H groups in total. The van der Waals surface area contributed by atoms with Crippen molar-refractivity contribution in [3.8, 4) is 5.75 Å². The molecule has 0 saturated carbocycles. The van der Waals surface area contributed by atoms with Crippen LogP contribution in [0.3, 0.4) is 0 Å². The molecule has 0 spiro atoms. The maximum Gasteiger partial charge on any atom is 0.260 e. The van der Waals surface area contributed by atoms with E-state index in [-0.39, 0.29) is 23.3 Å². The van der Waals surface area contributed by atoms with E-state index >= 15 is 0 Å². The number of amides is 1. The molecule has 0 radical (unpaired) electrons. The maximum absolute atomic E-state index is 12.2. The molecule has 23 heavy (non-hydrogen) atoms. The Kier molecular flexibility index (Phi) is 6.26. The molecule has 1 aromatic rings. The summed E-state index contributed by atoms with van der Waals surface area (Å²) in [5, 5.41) is 0. The van der Waals surface area contributed by atoms with Crippen LogP contribution < -0.4 is 4.74 Å². The number of ether oxygens (including phenoxy) is 1. The quantitative estimate of drug-likeness (QED) is 0.798. The summed E-state index contributed by atoms with van der Waals surface area (Å²) in [6.07, 6.45) is 0. The lowest BCUT2D eigenvalue weighted by molar-refractivity contribution is -0.133. The van der Waals surface area contributed by atoms with Gasteiger partial charge in [0.15, 0.2) is 6.61 Å². The van der Waals surface area contributed by atoms with Gasteiger partial charge in [-0.15, -0.1) is 0 Å². The highest BCUT2D eigenvalue weighted by molar-refractivity contribution is 5.77. The lowest BCUT2D eigenvalue weighted by Crippen LogP contribution is -2.34. The molecule has 0 aliphatic carbocycles. The van der Waals surface area contributed by atoms with Gasteiger partial charge in [0.05, 0.1) is 0 Å². The summed E-state index contributed by atoms with van der Waals surface area (Å²) >= 11 is 0. The molecule has 0 heterocycles. The summed E-state index contributed by atoms with van der Waals surface area (Å²) in [5.74, 6) is 0.848. The van der Waals surface area contributed by atoms with Crippen molar-refractivity contribution in [2.75, 3.05) is 19.7 Å². The van der Waals surface area contributed by atoms with Crippen molar-refractivity contribution in [2.24, 2.45) is 0 Å². The largest absolute Gasteiger partial charge is 0.483 e. The summed E-state index contributed by atoms with van der Waals surface area (Å²) in [7, 11) is 0. The number of carbonyl (C=O) groups is 1. The summed E-state index contributed by atoms with van der Waals surface area (Å²) < 4.78 is 5.89. The van der Waals surface area contributed by atoms with Gasteiger partial charge in [-0.1, -0.05) is 53.7 Å². The number of hydrogen-bond acceptors (Lipinski definition) is 2. The molecule has 0 fully saturated rings. The predicted octanol–water partition coefficient (Wildman–Crippen LogP) is 4.53. The molecule has 0 bridgehead atoms. The van der Waals surface area contributed by atoms with Crippen molar-refractivity contribution in [3.63, 3.8) is 0 Å². The monoisotopic (exact) mass is 319 g/mol. The van der Waals surface area contributed by atoms with E-state index in [9.17, 15) is 4.79 Å². The van der Waals surface area contributed by atoms with Gasteiger partial charge in [0.1, 0.15) is 5.75 Å². The van der Waals surface area contributed by atoms with Crippen LogP contribution in [0.2, 0.25) is 0 Å². The SMILES string of the molecule is CCN(CC)C(=O)COc1ccc(C(C)(C)C)cc1C(C)(C)C. The van der Waals surface area contributed by atoms with Crippen LogP contribution in [0.15, 0.2) is 18.2 Å². The van der Waals surface area contributed by atoms with Crippen LogP contribution in [-0.4, -0.2) is 30.5 Å². The third-order valence-electron chi connectivity index (χ3n) is 4.12. The third kappa shape index (κ3) is 5.26. The first-order valence-corrected chi connectivity index (χ1v) is 8.56. The van der Waals surface area contributed by atoms with Gasteiger partial charge in [0.2, 0.25) is 0 Å². The lowest BCUT2D eigenvalue weighted by atomic mass is 9.80. The molecule has 0 aromatic heterocycles. The Hall–Kier alpha value is -1.51. The second-order valence-electron chi connectivity index (χ2n) is 8.07. The zero-order chi connectivity index (χ0) is 17.8.